The zero-order valence-corrected chi connectivity index (χ0v) is 15.0. The molecule has 1 saturated carbocycles. The van der Waals surface area contributed by atoms with Gasteiger partial charge in [-0.3, -0.25) is 4.79 Å². The monoisotopic (exact) mass is 414 g/mol. The fourth-order valence-electron chi connectivity index (χ4n) is 2.00. The average Bonchev–Trinajstić information content (AvgIpc) is 3.20. The van der Waals surface area contributed by atoms with Crippen molar-refractivity contribution < 1.29 is 17.6 Å². The molecule has 0 bridgehead atoms. The van der Waals surface area contributed by atoms with Crippen LogP contribution in [0.5, 0.6) is 0 Å². The van der Waals surface area contributed by atoms with Gasteiger partial charge in [-0.2, -0.15) is 0 Å². The second-order valence-electron chi connectivity index (χ2n) is 5.25. The van der Waals surface area contributed by atoms with E-state index < -0.39 is 26.5 Å². The van der Waals surface area contributed by atoms with Crippen LogP contribution in [0.3, 0.4) is 0 Å². The first-order valence-electron chi connectivity index (χ1n) is 6.43. The highest BCUT2D eigenvalue weighted by Crippen LogP contribution is 2.31. The van der Waals surface area contributed by atoms with Gasteiger partial charge in [0.2, 0.25) is 0 Å². The van der Waals surface area contributed by atoms with Gasteiger partial charge in [-0.15, -0.1) is 12.4 Å². The van der Waals surface area contributed by atoms with E-state index in [9.17, 15) is 17.6 Å². The number of rotatable bonds is 5. The molecule has 124 valence electrons. The standard InChI is InChI=1S/C13H16BrFN2O3S.ClH/c1-21(19,20)11-5-8(14)4-9(12(11)15)13(18)17-6-10(16)7-2-3-7;/h4-5,7,10H,2-3,6,16H2,1H3,(H,17,18);1H. The normalized spacial score (nSPS) is 15.8. The van der Waals surface area contributed by atoms with Crippen LogP contribution in [-0.4, -0.2) is 33.2 Å². The summed E-state index contributed by atoms with van der Waals surface area (Å²) in [5.74, 6) is -1.31. The molecule has 0 saturated heterocycles. The molecule has 1 aromatic carbocycles. The molecule has 1 fully saturated rings. The lowest BCUT2D eigenvalue weighted by molar-refractivity contribution is 0.0945. The van der Waals surface area contributed by atoms with Crippen molar-refractivity contribution >= 4 is 44.1 Å². The number of carbonyl (C=O) groups is 1. The third kappa shape index (κ3) is 4.65. The number of nitrogens with one attached hydrogen (secondary N) is 1. The Bertz CT molecular complexity index is 680. The Hall–Kier alpha value is -0.700. The highest BCUT2D eigenvalue weighted by atomic mass is 79.9. The van der Waals surface area contributed by atoms with Crippen LogP contribution in [0.1, 0.15) is 23.2 Å². The summed E-state index contributed by atoms with van der Waals surface area (Å²) in [6.07, 6.45) is 2.98. The lowest BCUT2D eigenvalue weighted by Gasteiger charge is -2.13. The molecule has 5 nitrogen and oxygen atoms in total. The molecule has 1 aromatic rings. The van der Waals surface area contributed by atoms with E-state index in [1.165, 1.54) is 6.07 Å². The second kappa shape index (κ2) is 7.25. The summed E-state index contributed by atoms with van der Waals surface area (Å²) in [4.78, 5) is 11.5. The average molecular weight is 416 g/mol. The maximum Gasteiger partial charge on any atom is 0.254 e. The van der Waals surface area contributed by atoms with Crippen LogP contribution in [0.2, 0.25) is 0 Å². The molecular weight excluding hydrogens is 399 g/mol. The Morgan fingerprint density at radius 2 is 2.09 bits per heavy atom. The fraction of sp³-hybridized carbons (Fsp3) is 0.462. The van der Waals surface area contributed by atoms with Crippen LogP contribution in [0.4, 0.5) is 4.39 Å². The number of hydrogen-bond acceptors (Lipinski definition) is 4. The molecule has 22 heavy (non-hydrogen) atoms. The van der Waals surface area contributed by atoms with Crippen molar-refractivity contribution in [1.82, 2.24) is 5.32 Å². The van der Waals surface area contributed by atoms with Crippen molar-refractivity contribution in [2.75, 3.05) is 12.8 Å². The van der Waals surface area contributed by atoms with Crippen molar-refractivity contribution in [3.63, 3.8) is 0 Å². The van der Waals surface area contributed by atoms with E-state index in [1.807, 2.05) is 0 Å². The molecule has 1 atom stereocenters. The molecule has 1 amide bonds. The minimum Gasteiger partial charge on any atom is -0.350 e. The predicted molar refractivity (Wildman–Crippen MR) is 87.5 cm³/mol. The summed E-state index contributed by atoms with van der Waals surface area (Å²) >= 11 is 3.09. The van der Waals surface area contributed by atoms with E-state index in [2.05, 4.69) is 21.2 Å². The molecular formula is C13H17BrClFN2O3S. The summed E-state index contributed by atoms with van der Waals surface area (Å²) in [5, 5.41) is 2.55. The van der Waals surface area contributed by atoms with Crippen molar-refractivity contribution in [2.45, 2.75) is 23.8 Å². The van der Waals surface area contributed by atoms with E-state index in [-0.39, 0.29) is 30.6 Å². The number of halogens is 3. The topological polar surface area (TPSA) is 89.3 Å². The quantitative estimate of drug-likeness (QED) is 0.768. The van der Waals surface area contributed by atoms with Crippen molar-refractivity contribution in [2.24, 2.45) is 11.7 Å². The van der Waals surface area contributed by atoms with Gasteiger partial charge >= 0.3 is 0 Å². The van der Waals surface area contributed by atoms with Crippen LogP contribution in [0, 0.1) is 11.7 Å². The Balaban J connectivity index is 0.00000242. The van der Waals surface area contributed by atoms with Crippen LogP contribution in [0.25, 0.3) is 0 Å². The molecule has 1 aliphatic carbocycles. The Labute approximate surface area is 143 Å². The van der Waals surface area contributed by atoms with Gasteiger partial charge < -0.3 is 11.1 Å². The number of nitrogens with two attached hydrogens (primary N) is 1. The SMILES string of the molecule is CS(=O)(=O)c1cc(Br)cc(C(=O)NCC(N)C2CC2)c1F.Cl. The van der Waals surface area contributed by atoms with E-state index in [0.29, 0.717) is 10.4 Å². The number of sulfone groups is 1. The minimum absolute atomic E-state index is 0. The van der Waals surface area contributed by atoms with E-state index in [0.717, 1.165) is 25.2 Å². The van der Waals surface area contributed by atoms with Crippen molar-refractivity contribution in [3.05, 3.63) is 28.0 Å². The Morgan fingerprint density at radius 1 is 1.50 bits per heavy atom. The first kappa shape index (κ1) is 19.3. The summed E-state index contributed by atoms with van der Waals surface area (Å²) in [5.41, 5.74) is 5.55. The van der Waals surface area contributed by atoms with Gasteiger partial charge in [0.05, 0.1) is 5.56 Å². The van der Waals surface area contributed by atoms with Crippen LogP contribution >= 0.6 is 28.3 Å². The molecule has 1 unspecified atom stereocenters. The molecule has 9 heteroatoms. The Morgan fingerprint density at radius 3 is 2.59 bits per heavy atom. The van der Waals surface area contributed by atoms with E-state index in [1.54, 1.807) is 0 Å². The van der Waals surface area contributed by atoms with Gasteiger partial charge in [0.1, 0.15) is 4.90 Å². The molecule has 1 aliphatic rings. The number of hydrogen-bond donors (Lipinski definition) is 2. The van der Waals surface area contributed by atoms with Gasteiger partial charge in [-0.1, -0.05) is 15.9 Å². The fourth-order valence-corrected chi connectivity index (χ4v) is 3.38. The summed E-state index contributed by atoms with van der Waals surface area (Å²) < 4.78 is 37.6. The summed E-state index contributed by atoms with van der Waals surface area (Å²) in [6, 6.07) is 2.23. The van der Waals surface area contributed by atoms with Crippen LogP contribution < -0.4 is 11.1 Å². The van der Waals surface area contributed by atoms with Gasteiger partial charge in [-0.25, -0.2) is 12.8 Å². The molecule has 0 heterocycles. The molecule has 0 aromatic heterocycles. The van der Waals surface area contributed by atoms with Gasteiger partial charge in [0, 0.05) is 23.3 Å². The largest absolute Gasteiger partial charge is 0.350 e. The lowest BCUT2D eigenvalue weighted by atomic mass is 10.1. The summed E-state index contributed by atoms with van der Waals surface area (Å²) in [6.45, 7) is 0.240. The van der Waals surface area contributed by atoms with E-state index in [4.69, 9.17) is 5.73 Å². The predicted octanol–water partition coefficient (Wildman–Crippen LogP) is 1.88. The first-order valence-corrected chi connectivity index (χ1v) is 9.11. The number of carbonyl (C=O) groups excluding carboxylic acids is 1. The smallest absolute Gasteiger partial charge is 0.254 e. The third-order valence-electron chi connectivity index (χ3n) is 3.37. The van der Waals surface area contributed by atoms with E-state index >= 15 is 0 Å². The number of amides is 1. The molecule has 2 rings (SSSR count). The maximum atomic E-state index is 14.2. The van der Waals surface area contributed by atoms with Gasteiger partial charge in [0.25, 0.3) is 5.91 Å². The highest BCUT2D eigenvalue weighted by molar-refractivity contribution is 9.10. The third-order valence-corrected chi connectivity index (χ3v) is 4.93. The molecule has 0 spiro atoms. The van der Waals surface area contributed by atoms with Gasteiger partial charge in [0.15, 0.2) is 15.7 Å². The highest BCUT2D eigenvalue weighted by Gasteiger charge is 2.29. The van der Waals surface area contributed by atoms with Crippen LogP contribution in [-0.2, 0) is 9.84 Å². The molecule has 0 radical (unpaired) electrons. The summed E-state index contributed by atoms with van der Waals surface area (Å²) in [7, 11) is -3.76. The number of benzene rings is 1. The van der Waals surface area contributed by atoms with Crippen molar-refractivity contribution in [3.8, 4) is 0 Å². The Kier molecular flexibility index (Phi) is 6.37. The molecule has 3 N–H and O–H groups in total. The lowest BCUT2D eigenvalue weighted by Crippen LogP contribution is -2.38. The second-order valence-corrected chi connectivity index (χ2v) is 8.15. The minimum atomic E-state index is -3.76. The zero-order valence-electron chi connectivity index (χ0n) is 11.8. The van der Waals surface area contributed by atoms with Crippen molar-refractivity contribution in [1.29, 1.82) is 0 Å². The first-order chi connectivity index (χ1) is 9.70. The van der Waals surface area contributed by atoms with Crippen LogP contribution in [0.15, 0.2) is 21.5 Å². The van der Waals surface area contributed by atoms with Gasteiger partial charge in [-0.05, 0) is 30.9 Å². The molecule has 0 aliphatic heterocycles. The maximum absolute atomic E-state index is 14.2. The zero-order chi connectivity index (χ0) is 15.8.